The number of carboxylic acids is 1. The topological polar surface area (TPSA) is 67.5 Å². The second-order valence-electron chi connectivity index (χ2n) is 2.51. The number of hydrogen-bond acceptors (Lipinski definition) is 3. The van der Waals surface area contributed by atoms with Gasteiger partial charge in [-0.25, -0.2) is 14.5 Å². The lowest BCUT2D eigenvalue weighted by atomic mass is 10.3. The lowest BCUT2D eigenvalue weighted by molar-refractivity contribution is 0.0685. The standard InChI is InChI=1S/C7H7N3O2/c11-7(12)5-4-8-6-2-1-3-9-10(5)6/h3-4H,1-2H2,(H,11,12). The van der Waals surface area contributed by atoms with Crippen molar-refractivity contribution in [1.29, 1.82) is 0 Å². The fourth-order valence-corrected chi connectivity index (χ4v) is 1.16. The molecule has 1 aliphatic rings. The van der Waals surface area contributed by atoms with Gasteiger partial charge in [-0.3, -0.25) is 0 Å². The molecule has 1 aliphatic heterocycles. The van der Waals surface area contributed by atoms with Crippen LogP contribution >= 0.6 is 0 Å². The zero-order valence-electron chi connectivity index (χ0n) is 6.27. The summed E-state index contributed by atoms with van der Waals surface area (Å²) >= 11 is 0. The smallest absolute Gasteiger partial charge is 0.356 e. The molecule has 1 N–H and O–H groups in total. The van der Waals surface area contributed by atoms with Gasteiger partial charge in [0.25, 0.3) is 0 Å². The molecule has 1 aromatic rings. The van der Waals surface area contributed by atoms with Crippen molar-refractivity contribution in [3.8, 4) is 0 Å². The maximum atomic E-state index is 10.6. The van der Waals surface area contributed by atoms with E-state index in [9.17, 15) is 4.79 Å². The fourth-order valence-electron chi connectivity index (χ4n) is 1.16. The van der Waals surface area contributed by atoms with Crippen molar-refractivity contribution in [2.24, 2.45) is 5.10 Å². The molecule has 0 spiro atoms. The third-order valence-electron chi connectivity index (χ3n) is 1.72. The second-order valence-corrected chi connectivity index (χ2v) is 2.51. The second kappa shape index (κ2) is 2.44. The van der Waals surface area contributed by atoms with E-state index in [1.165, 1.54) is 10.9 Å². The van der Waals surface area contributed by atoms with Gasteiger partial charge in [0.15, 0.2) is 5.69 Å². The molecule has 0 unspecified atom stereocenters. The van der Waals surface area contributed by atoms with Crippen molar-refractivity contribution < 1.29 is 9.90 Å². The van der Waals surface area contributed by atoms with Crippen LogP contribution in [0.15, 0.2) is 11.3 Å². The minimum atomic E-state index is -0.993. The van der Waals surface area contributed by atoms with Crippen LogP contribution in [0.2, 0.25) is 0 Å². The van der Waals surface area contributed by atoms with Crippen molar-refractivity contribution in [1.82, 2.24) is 9.66 Å². The van der Waals surface area contributed by atoms with Crippen molar-refractivity contribution >= 4 is 12.2 Å². The van der Waals surface area contributed by atoms with Gasteiger partial charge in [-0.1, -0.05) is 0 Å². The third-order valence-corrected chi connectivity index (χ3v) is 1.72. The predicted molar refractivity (Wildman–Crippen MR) is 41.4 cm³/mol. The zero-order valence-corrected chi connectivity index (χ0v) is 6.27. The third kappa shape index (κ3) is 0.903. The molecule has 5 nitrogen and oxygen atoms in total. The van der Waals surface area contributed by atoms with Crippen LogP contribution in [-0.2, 0) is 6.42 Å². The molecule has 0 aliphatic carbocycles. The van der Waals surface area contributed by atoms with Gasteiger partial charge in [0, 0.05) is 12.6 Å². The van der Waals surface area contributed by atoms with Gasteiger partial charge in [0.1, 0.15) is 5.82 Å². The maximum Gasteiger partial charge on any atom is 0.356 e. The molecule has 0 saturated heterocycles. The number of nitrogens with zero attached hydrogens (tertiary/aromatic N) is 3. The molecule has 5 heteroatoms. The number of aromatic nitrogens is 2. The number of carboxylic acid groups (broad SMARTS) is 1. The lowest BCUT2D eigenvalue weighted by Gasteiger charge is -2.06. The first-order valence-corrected chi connectivity index (χ1v) is 3.62. The van der Waals surface area contributed by atoms with Crippen LogP contribution in [0.1, 0.15) is 22.7 Å². The Kier molecular flexibility index (Phi) is 1.43. The van der Waals surface area contributed by atoms with Crippen LogP contribution in [0, 0.1) is 0 Å². The highest BCUT2D eigenvalue weighted by Gasteiger charge is 2.16. The van der Waals surface area contributed by atoms with Crippen LogP contribution in [0.5, 0.6) is 0 Å². The average Bonchev–Trinajstić information content (AvgIpc) is 2.47. The summed E-state index contributed by atoms with van der Waals surface area (Å²) in [7, 11) is 0. The molecule has 0 saturated carbocycles. The molecule has 62 valence electrons. The molecule has 0 atom stereocenters. The molecule has 1 aromatic heterocycles. The van der Waals surface area contributed by atoms with Crippen LogP contribution in [0.3, 0.4) is 0 Å². The number of rotatable bonds is 1. The summed E-state index contributed by atoms with van der Waals surface area (Å²) in [5, 5.41) is 12.6. The van der Waals surface area contributed by atoms with E-state index in [-0.39, 0.29) is 5.69 Å². The first kappa shape index (κ1) is 7.02. The van der Waals surface area contributed by atoms with E-state index in [1.54, 1.807) is 6.21 Å². The van der Waals surface area contributed by atoms with Crippen molar-refractivity contribution in [2.75, 3.05) is 0 Å². The van der Waals surface area contributed by atoms with Gasteiger partial charge < -0.3 is 5.11 Å². The molecule has 0 radical (unpaired) electrons. The molecular weight excluding hydrogens is 158 g/mol. The summed E-state index contributed by atoms with van der Waals surface area (Å²) in [6, 6.07) is 0. The predicted octanol–water partition coefficient (Wildman–Crippen LogP) is 0.361. The van der Waals surface area contributed by atoms with Crippen LogP contribution in [0.25, 0.3) is 0 Å². The molecule has 0 aromatic carbocycles. The Morgan fingerprint density at radius 3 is 3.25 bits per heavy atom. The van der Waals surface area contributed by atoms with Gasteiger partial charge in [-0.05, 0) is 6.42 Å². The number of aryl methyl sites for hydroxylation is 1. The number of hydrogen-bond donors (Lipinski definition) is 1. The summed E-state index contributed by atoms with van der Waals surface area (Å²) in [5.41, 5.74) is 0.126. The monoisotopic (exact) mass is 165 g/mol. The van der Waals surface area contributed by atoms with E-state index in [4.69, 9.17) is 5.11 Å². The molecule has 0 fully saturated rings. The largest absolute Gasteiger partial charge is 0.476 e. The first-order valence-electron chi connectivity index (χ1n) is 3.62. The highest BCUT2D eigenvalue weighted by Crippen LogP contribution is 2.10. The van der Waals surface area contributed by atoms with Crippen molar-refractivity contribution in [2.45, 2.75) is 12.8 Å². The molecule has 12 heavy (non-hydrogen) atoms. The van der Waals surface area contributed by atoms with Gasteiger partial charge >= 0.3 is 5.97 Å². The number of aromatic carboxylic acids is 1. The van der Waals surface area contributed by atoms with Crippen molar-refractivity contribution in [3.63, 3.8) is 0 Å². The molecule has 0 bridgehead atoms. The number of imidazole rings is 1. The summed E-state index contributed by atoms with van der Waals surface area (Å²) < 4.78 is 1.37. The molecular formula is C7H7N3O2. The van der Waals surface area contributed by atoms with Crippen LogP contribution in [-0.4, -0.2) is 27.0 Å². The Morgan fingerprint density at radius 2 is 2.50 bits per heavy atom. The summed E-state index contributed by atoms with van der Waals surface area (Å²) in [5.74, 6) is -0.275. The maximum absolute atomic E-state index is 10.6. The Hall–Kier alpha value is -1.65. The Balaban J connectivity index is 2.54. The fraction of sp³-hybridized carbons (Fsp3) is 0.286. The minimum absolute atomic E-state index is 0.126. The van der Waals surface area contributed by atoms with E-state index in [0.717, 1.165) is 18.7 Å². The summed E-state index contributed by atoms with van der Waals surface area (Å²) in [6.07, 6.45) is 4.62. The first-order chi connectivity index (χ1) is 5.79. The van der Waals surface area contributed by atoms with Gasteiger partial charge in [0.2, 0.25) is 0 Å². The molecule has 2 heterocycles. The Morgan fingerprint density at radius 1 is 1.67 bits per heavy atom. The van der Waals surface area contributed by atoms with Gasteiger partial charge in [0.05, 0.1) is 6.20 Å². The molecule has 0 amide bonds. The quantitative estimate of drug-likeness (QED) is 0.653. The minimum Gasteiger partial charge on any atom is -0.476 e. The molecule has 2 rings (SSSR count). The van der Waals surface area contributed by atoms with Gasteiger partial charge in [-0.2, -0.15) is 5.10 Å². The Bertz CT molecular complexity index is 354. The normalized spacial score (nSPS) is 14.3. The zero-order chi connectivity index (χ0) is 8.55. The highest BCUT2D eigenvalue weighted by atomic mass is 16.4. The summed E-state index contributed by atoms with van der Waals surface area (Å²) in [6.45, 7) is 0. The lowest BCUT2D eigenvalue weighted by Crippen LogP contribution is -2.10. The SMILES string of the molecule is O=C(O)c1cnc2n1N=CCC2. The van der Waals surface area contributed by atoms with E-state index in [1.807, 2.05) is 0 Å². The van der Waals surface area contributed by atoms with E-state index in [0.29, 0.717) is 0 Å². The Labute approximate surface area is 68.3 Å². The number of fused-ring (bicyclic) bond motifs is 1. The van der Waals surface area contributed by atoms with Crippen LogP contribution < -0.4 is 0 Å². The van der Waals surface area contributed by atoms with Crippen molar-refractivity contribution in [3.05, 3.63) is 17.7 Å². The average molecular weight is 165 g/mol. The number of carbonyl (C=O) groups is 1. The summed E-state index contributed by atoms with van der Waals surface area (Å²) in [4.78, 5) is 14.5. The van der Waals surface area contributed by atoms with E-state index < -0.39 is 5.97 Å². The van der Waals surface area contributed by atoms with Crippen LogP contribution in [0.4, 0.5) is 0 Å². The highest BCUT2D eigenvalue weighted by molar-refractivity contribution is 5.85. The van der Waals surface area contributed by atoms with E-state index in [2.05, 4.69) is 10.1 Å². The van der Waals surface area contributed by atoms with Gasteiger partial charge in [-0.15, -0.1) is 0 Å². The van der Waals surface area contributed by atoms with E-state index >= 15 is 0 Å².